The predicted molar refractivity (Wildman–Crippen MR) is 104 cm³/mol. The zero-order valence-electron chi connectivity index (χ0n) is 15.6. The van der Waals surface area contributed by atoms with Gasteiger partial charge < -0.3 is 20.5 Å². The van der Waals surface area contributed by atoms with Gasteiger partial charge in [0.1, 0.15) is 5.60 Å². The summed E-state index contributed by atoms with van der Waals surface area (Å²) >= 11 is 1.59. The molecule has 0 aliphatic carbocycles. The summed E-state index contributed by atoms with van der Waals surface area (Å²) in [5, 5.41) is 21.3. The zero-order chi connectivity index (χ0) is 18.1. The van der Waals surface area contributed by atoms with E-state index in [1.807, 2.05) is 23.8 Å². The molecule has 1 saturated heterocycles. The Hall–Kier alpha value is -1.15. The Bertz CT molecular complexity index is 519. The summed E-state index contributed by atoms with van der Waals surface area (Å²) in [5.41, 5.74) is -0.0288. The fourth-order valence-corrected chi connectivity index (χ4v) is 3.86. The van der Waals surface area contributed by atoms with Crippen molar-refractivity contribution in [3.05, 3.63) is 22.4 Å². The normalized spacial score (nSPS) is 21.3. The van der Waals surface area contributed by atoms with E-state index >= 15 is 0 Å². The lowest BCUT2D eigenvalue weighted by Gasteiger charge is -2.25. The van der Waals surface area contributed by atoms with E-state index in [4.69, 9.17) is 4.74 Å². The summed E-state index contributed by atoms with van der Waals surface area (Å²) in [6.45, 7) is 8.73. The smallest absolute Gasteiger partial charge is 0.191 e. The molecular formula is C18H32N4O2S. The maximum Gasteiger partial charge on any atom is 0.191 e. The number of rotatable bonds is 9. The molecule has 0 saturated carbocycles. The number of hydrogen-bond acceptors (Lipinski definition) is 5. The van der Waals surface area contributed by atoms with Gasteiger partial charge in [-0.05, 0) is 55.6 Å². The third kappa shape index (κ3) is 6.26. The minimum absolute atomic E-state index is 0.330. The average Bonchev–Trinajstić information content (AvgIpc) is 3.27. The lowest BCUT2D eigenvalue weighted by Crippen LogP contribution is -2.46. The van der Waals surface area contributed by atoms with Crippen LogP contribution in [0.1, 0.15) is 32.3 Å². The summed E-state index contributed by atoms with van der Waals surface area (Å²) in [6.07, 6.45) is 2.43. The van der Waals surface area contributed by atoms with E-state index in [-0.39, 0.29) is 0 Å². The highest BCUT2D eigenvalue weighted by molar-refractivity contribution is 7.08. The van der Waals surface area contributed by atoms with Crippen LogP contribution in [0.15, 0.2) is 21.8 Å². The number of ether oxygens (including phenoxy) is 1. The van der Waals surface area contributed by atoms with Crippen molar-refractivity contribution in [1.29, 1.82) is 0 Å². The van der Waals surface area contributed by atoms with E-state index in [0.717, 1.165) is 44.3 Å². The maximum atomic E-state index is 10.6. The maximum absolute atomic E-state index is 10.6. The molecule has 2 atom stereocenters. The molecule has 2 heterocycles. The number of thiophene rings is 1. The Morgan fingerprint density at radius 1 is 1.52 bits per heavy atom. The topological polar surface area (TPSA) is 69.1 Å². The minimum Gasteiger partial charge on any atom is -0.383 e. The Morgan fingerprint density at radius 2 is 2.36 bits per heavy atom. The lowest BCUT2D eigenvalue weighted by atomic mass is 10.00. The molecule has 6 nitrogen and oxygen atoms in total. The lowest BCUT2D eigenvalue weighted by molar-refractivity contribution is 0.0677. The number of nitrogens with one attached hydrogen (secondary N) is 2. The van der Waals surface area contributed by atoms with Crippen LogP contribution in [-0.4, -0.2) is 68.4 Å². The first-order valence-electron chi connectivity index (χ1n) is 9.07. The second-order valence-corrected chi connectivity index (χ2v) is 7.47. The first-order chi connectivity index (χ1) is 12.1. The summed E-state index contributed by atoms with van der Waals surface area (Å²) < 4.78 is 5.20. The molecule has 1 aliphatic rings. The van der Waals surface area contributed by atoms with E-state index in [2.05, 4.69) is 27.4 Å². The number of hydrogen-bond donors (Lipinski definition) is 3. The zero-order valence-corrected chi connectivity index (χ0v) is 16.4. The van der Waals surface area contributed by atoms with Gasteiger partial charge >= 0.3 is 0 Å². The van der Waals surface area contributed by atoms with Crippen molar-refractivity contribution in [2.24, 2.45) is 4.99 Å². The van der Waals surface area contributed by atoms with Gasteiger partial charge in [-0.15, -0.1) is 0 Å². The highest BCUT2D eigenvalue weighted by atomic mass is 32.1. The molecule has 1 aromatic heterocycles. The molecule has 142 valence electrons. The van der Waals surface area contributed by atoms with E-state index in [1.54, 1.807) is 18.4 Å². The van der Waals surface area contributed by atoms with Crippen molar-refractivity contribution >= 4 is 17.3 Å². The fourth-order valence-electron chi connectivity index (χ4n) is 3.08. The molecule has 1 aromatic rings. The molecule has 2 rings (SSSR count). The van der Waals surface area contributed by atoms with Gasteiger partial charge in [0.2, 0.25) is 0 Å². The Kier molecular flexibility index (Phi) is 8.15. The van der Waals surface area contributed by atoms with Gasteiger partial charge in [0.25, 0.3) is 0 Å². The van der Waals surface area contributed by atoms with Crippen LogP contribution < -0.4 is 10.6 Å². The predicted octanol–water partition coefficient (Wildman–Crippen LogP) is 1.62. The SMILES string of the molecule is CCNC(=NCC(C)(O)c1ccsc1)NCC1CCCN1CCOC. The summed E-state index contributed by atoms with van der Waals surface area (Å²) in [4.78, 5) is 7.07. The highest BCUT2D eigenvalue weighted by Gasteiger charge is 2.25. The quantitative estimate of drug-likeness (QED) is 0.456. The number of nitrogens with zero attached hydrogens (tertiary/aromatic N) is 2. The van der Waals surface area contributed by atoms with Crippen LogP contribution in [0.2, 0.25) is 0 Å². The first-order valence-corrected chi connectivity index (χ1v) is 10.0. The van der Waals surface area contributed by atoms with Gasteiger partial charge in [0, 0.05) is 32.8 Å². The molecule has 2 unspecified atom stereocenters. The van der Waals surface area contributed by atoms with Crippen molar-refractivity contribution in [1.82, 2.24) is 15.5 Å². The van der Waals surface area contributed by atoms with Gasteiger partial charge in [-0.25, -0.2) is 4.99 Å². The van der Waals surface area contributed by atoms with E-state index in [0.29, 0.717) is 12.6 Å². The standard InChI is InChI=1S/C18H32N4O2S/c1-4-19-17(21-14-18(2,23)15-7-11-25-13-15)20-12-16-6-5-8-22(16)9-10-24-3/h7,11,13,16,23H,4-6,8-10,12,14H2,1-3H3,(H2,19,20,21). The molecule has 0 spiro atoms. The third-order valence-electron chi connectivity index (χ3n) is 4.62. The Morgan fingerprint density at radius 3 is 3.04 bits per heavy atom. The van der Waals surface area contributed by atoms with Crippen LogP contribution in [0.5, 0.6) is 0 Å². The molecule has 1 fully saturated rings. The summed E-state index contributed by atoms with van der Waals surface area (Å²) in [5.74, 6) is 0.761. The second-order valence-electron chi connectivity index (χ2n) is 6.69. The fraction of sp³-hybridized carbons (Fsp3) is 0.722. The molecule has 0 aromatic carbocycles. The number of methoxy groups -OCH3 is 1. The first kappa shape index (κ1) is 20.2. The summed E-state index contributed by atoms with van der Waals surface area (Å²) in [6, 6.07) is 2.46. The van der Waals surface area contributed by atoms with Crippen molar-refractivity contribution in [3.8, 4) is 0 Å². The van der Waals surface area contributed by atoms with Gasteiger partial charge in [-0.3, -0.25) is 4.90 Å². The van der Waals surface area contributed by atoms with Crippen molar-refractivity contribution in [3.63, 3.8) is 0 Å². The van der Waals surface area contributed by atoms with Gasteiger partial charge in [0.15, 0.2) is 5.96 Å². The van der Waals surface area contributed by atoms with Crippen molar-refractivity contribution < 1.29 is 9.84 Å². The molecule has 0 radical (unpaired) electrons. The molecule has 25 heavy (non-hydrogen) atoms. The van der Waals surface area contributed by atoms with Crippen LogP contribution in [0.4, 0.5) is 0 Å². The number of aliphatic hydroxyl groups is 1. The van der Waals surface area contributed by atoms with Gasteiger partial charge in [-0.1, -0.05) is 0 Å². The molecule has 7 heteroatoms. The molecule has 0 amide bonds. The monoisotopic (exact) mass is 368 g/mol. The summed E-state index contributed by atoms with van der Waals surface area (Å²) in [7, 11) is 1.75. The largest absolute Gasteiger partial charge is 0.383 e. The highest BCUT2D eigenvalue weighted by Crippen LogP contribution is 2.23. The van der Waals surface area contributed by atoms with Gasteiger partial charge in [0.05, 0.1) is 13.2 Å². The number of guanidine groups is 1. The minimum atomic E-state index is -0.944. The van der Waals surface area contributed by atoms with Crippen LogP contribution >= 0.6 is 11.3 Å². The number of aliphatic imine (C=N–C) groups is 1. The van der Waals surface area contributed by atoms with Gasteiger partial charge in [-0.2, -0.15) is 11.3 Å². The van der Waals surface area contributed by atoms with Crippen molar-refractivity contribution in [2.45, 2.75) is 38.3 Å². The molecule has 1 aliphatic heterocycles. The Labute approximate surface area is 155 Å². The third-order valence-corrected chi connectivity index (χ3v) is 5.30. The van der Waals surface area contributed by atoms with E-state index < -0.39 is 5.60 Å². The van der Waals surface area contributed by atoms with Crippen LogP contribution in [0.25, 0.3) is 0 Å². The van der Waals surface area contributed by atoms with Crippen molar-refractivity contribution in [2.75, 3.05) is 46.4 Å². The second kappa shape index (κ2) is 10.1. The molecular weight excluding hydrogens is 336 g/mol. The van der Waals surface area contributed by atoms with E-state index in [9.17, 15) is 5.11 Å². The van der Waals surface area contributed by atoms with Crippen LogP contribution in [0.3, 0.4) is 0 Å². The van der Waals surface area contributed by atoms with Crippen LogP contribution in [-0.2, 0) is 10.3 Å². The molecule has 3 N–H and O–H groups in total. The van der Waals surface area contributed by atoms with Crippen LogP contribution in [0, 0.1) is 0 Å². The molecule has 0 bridgehead atoms. The van der Waals surface area contributed by atoms with E-state index in [1.165, 1.54) is 12.8 Å². The Balaban J connectivity index is 1.89. The number of likely N-dealkylation sites (tertiary alicyclic amines) is 1. The average molecular weight is 369 g/mol.